The molecule has 3 heterocycles. The van der Waals surface area contributed by atoms with Crippen molar-refractivity contribution < 1.29 is 22.3 Å². The number of alkyl halides is 3. The number of hydrogen-bond donors (Lipinski definition) is 1. The average molecular weight is 494 g/mol. The van der Waals surface area contributed by atoms with E-state index in [1.54, 1.807) is 42.6 Å². The molecule has 0 radical (unpaired) electrons. The summed E-state index contributed by atoms with van der Waals surface area (Å²) in [7, 11) is 0. The molecule has 0 amide bonds. The number of H-pyrrole nitrogens is 1. The molecular formula is C28H23F4N3O. The molecule has 1 aliphatic rings. The molecule has 0 saturated carbocycles. The highest BCUT2D eigenvalue weighted by atomic mass is 19.4. The maximum Gasteiger partial charge on any atom is 0.393 e. The minimum atomic E-state index is -4.26. The maximum absolute atomic E-state index is 13.8. The summed E-state index contributed by atoms with van der Waals surface area (Å²) < 4.78 is 60.5. The summed E-state index contributed by atoms with van der Waals surface area (Å²) >= 11 is 0. The van der Waals surface area contributed by atoms with E-state index in [1.807, 2.05) is 6.07 Å². The number of hydrogen-bond acceptors (Lipinski definition) is 2. The van der Waals surface area contributed by atoms with Crippen LogP contribution in [0.5, 0.6) is 0 Å². The van der Waals surface area contributed by atoms with Gasteiger partial charge in [0.2, 0.25) is 0 Å². The van der Waals surface area contributed by atoms with Crippen LogP contribution < -0.4 is 0 Å². The van der Waals surface area contributed by atoms with Crippen LogP contribution in [0.1, 0.15) is 30.0 Å². The molecule has 0 bridgehead atoms. The third kappa shape index (κ3) is 4.15. The fourth-order valence-electron chi connectivity index (χ4n) is 5.29. The van der Waals surface area contributed by atoms with E-state index < -0.39 is 12.6 Å². The van der Waals surface area contributed by atoms with Crippen molar-refractivity contribution in [1.82, 2.24) is 14.8 Å². The minimum Gasteiger partial charge on any atom is -0.381 e. The summed E-state index contributed by atoms with van der Waals surface area (Å²) in [6.07, 6.45) is -1.84. The molecule has 1 aliphatic heterocycles. The zero-order valence-corrected chi connectivity index (χ0v) is 19.3. The first kappa shape index (κ1) is 22.8. The van der Waals surface area contributed by atoms with Crippen molar-refractivity contribution in [3.63, 3.8) is 0 Å². The third-order valence-electron chi connectivity index (χ3n) is 6.90. The van der Waals surface area contributed by atoms with Gasteiger partial charge in [-0.05, 0) is 60.4 Å². The lowest BCUT2D eigenvalue weighted by molar-refractivity contribution is -0.127. The summed E-state index contributed by atoms with van der Waals surface area (Å²) in [5.41, 5.74) is 5.72. The lowest BCUT2D eigenvalue weighted by atomic mass is 9.89. The Balaban J connectivity index is 1.64. The van der Waals surface area contributed by atoms with Gasteiger partial charge >= 0.3 is 6.18 Å². The van der Waals surface area contributed by atoms with Crippen molar-refractivity contribution in [2.75, 3.05) is 13.2 Å². The van der Waals surface area contributed by atoms with E-state index in [-0.39, 0.29) is 17.3 Å². The Morgan fingerprint density at radius 1 is 0.972 bits per heavy atom. The van der Waals surface area contributed by atoms with E-state index in [9.17, 15) is 17.6 Å². The van der Waals surface area contributed by atoms with Crippen LogP contribution in [0.2, 0.25) is 0 Å². The topological polar surface area (TPSA) is 42.8 Å². The van der Waals surface area contributed by atoms with Crippen LogP contribution in [0, 0.1) is 5.82 Å². The fraction of sp³-hybridized carbons (Fsp3) is 0.250. The predicted molar refractivity (Wildman–Crippen MR) is 131 cm³/mol. The predicted octanol–water partition coefficient (Wildman–Crippen LogP) is 7.31. The van der Waals surface area contributed by atoms with Crippen LogP contribution in [0.4, 0.5) is 17.6 Å². The zero-order valence-electron chi connectivity index (χ0n) is 19.3. The van der Waals surface area contributed by atoms with Gasteiger partial charge in [-0.1, -0.05) is 24.3 Å². The molecule has 4 nitrogen and oxygen atoms in total. The molecule has 1 saturated heterocycles. The Hall–Kier alpha value is -3.65. The Morgan fingerprint density at radius 3 is 2.39 bits per heavy atom. The Morgan fingerprint density at radius 2 is 1.69 bits per heavy atom. The molecule has 2 aromatic heterocycles. The van der Waals surface area contributed by atoms with Crippen molar-refractivity contribution >= 4 is 21.8 Å². The van der Waals surface area contributed by atoms with Gasteiger partial charge < -0.3 is 9.30 Å². The van der Waals surface area contributed by atoms with E-state index >= 15 is 0 Å². The first-order valence-corrected chi connectivity index (χ1v) is 11.9. The standard InChI is InChI=1S/C28H23F4N3O/c29-21-5-7-22(8-6-21)35-25-13-20-16-33-34-24(20)14-23(25)26(27(35)19-9-11-36-12-10-19)18-3-1-17(2-4-18)15-28(30,31)32/h1-8,13-14,16,19H,9-12,15H2,(H,33,34). The monoisotopic (exact) mass is 493 g/mol. The molecule has 1 N–H and O–H groups in total. The largest absolute Gasteiger partial charge is 0.393 e. The smallest absolute Gasteiger partial charge is 0.381 e. The molecule has 6 rings (SSSR count). The number of nitrogens with one attached hydrogen (secondary N) is 1. The number of ether oxygens (including phenoxy) is 1. The number of halogens is 4. The van der Waals surface area contributed by atoms with Gasteiger partial charge in [-0.15, -0.1) is 0 Å². The molecule has 0 unspecified atom stereocenters. The van der Waals surface area contributed by atoms with Crippen LogP contribution >= 0.6 is 0 Å². The highest BCUT2D eigenvalue weighted by Crippen LogP contribution is 2.44. The van der Waals surface area contributed by atoms with E-state index in [0.717, 1.165) is 57.2 Å². The van der Waals surface area contributed by atoms with Crippen molar-refractivity contribution in [1.29, 1.82) is 0 Å². The van der Waals surface area contributed by atoms with Gasteiger partial charge in [-0.25, -0.2) is 4.39 Å². The number of aromatic amines is 1. The molecule has 0 atom stereocenters. The molecule has 1 fully saturated rings. The Bertz CT molecular complexity index is 1530. The SMILES string of the molecule is Fc1ccc(-n2c(C3CCOCC3)c(-c3ccc(CC(F)(F)F)cc3)c3cc4[nH]ncc4cc32)cc1. The van der Waals surface area contributed by atoms with Crippen molar-refractivity contribution in [3.05, 3.63) is 83.9 Å². The van der Waals surface area contributed by atoms with Gasteiger partial charge in [0.1, 0.15) is 5.82 Å². The van der Waals surface area contributed by atoms with Gasteiger partial charge in [0, 0.05) is 46.8 Å². The first-order valence-electron chi connectivity index (χ1n) is 11.9. The lowest BCUT2D eigenvalue weighted by Crippen LogP contribution is -2.17. The highest BCUT2D eigenvalue weighted by molar-refractivity contribution is 6.05. The quantitative estimate of drug-likeness (QED) is 0.267. The Labute approximate surface area is 204 Å². The normalized spacial score (nSPS) is 15.2. The summed E-state index contributed by atoms with van der Waals surface area (Å²) in [6.45, 7) is 1.26. The second-order valence-corrected chi connectivity index (χ2v) is 9.27. The first-order chi connectivity index (χ1) is 17.4. The molecule has 36 heavy (non-hydrogen) atoms. The zero-order chi connectivity index (χ0) is 24.9. The highest BCUT2D eigenvalue weighted by Gasteiger charge is 2.30. The summed E-state index contributed by atoms with van der Waals surface area (Å²) in [6, 6.07) is 17.1. The van der Waals surface area contributed by atoms with Gasteiger partial charge in [0.05, 0.1) is 23.7 Å². The summed E-state index contributed by atoms with van der Waals surface area (Å²) in [4.78, 5) is 0. The minimum absolute atomic E-state index is 0.164. The van der Waals surface area contributed by atoms with Crippen molar-refractivity contribution in [2.24, 2.45) is 0 Å². The fourth-order valence-corrected chi connectivity index (χ4v) is 5.29. The second-order valence-electron chi connectivity index (χ2n) is 9.27. The average Bonchev–Trinajstić information content (AvgIpc) is 3.45. The number of aromatic nitrogens is 3. The molecule has 3 aromatic carbocycles. The van der Waals surface area contributed by atoms with Gasteiger partial charge in [-0.3, -0.25) is 5.10 Å². The Kier molecular flexibility index (Phi) is 5.56. The molecule has 5 aromatic rings. The van der Waals surface area contributed by atoms with Gasteiger partial charge in [-0.2, -0.15) is 18.3 Å². The van der Waals surface area contributed by atoms with Crippen LogP contribution in [0.25, 0.3) is 38.6 Å². The van der Waals surface area contributed by atoms with Gasteiger partial charge in [0.15, 0.2) is 0 Å². The van der Waals surface area contributed by atoms with E-state index in [0.29, 0.717) is 13.2 Å². The van der Waals surface area contributed by atoms with Crippen LogP contribution in [0.15, 0.2) is 66.9 Å². The molecule has 0 aliphatic carbocycles. The third-order valence-corrected chi connectivity index (χ3v) is 6.90. The van der Waals surface area contributed by atoms with E-state index in [4.69, 9.17) is 4.74 Å². The maximum atomic E-state index is 13.8. The lowest BCUT2D eigenvalue weighted by Gasteiger charge is -2.26. The van der Waals surface area contributed by atoms with E-state index in [2.05, 4.69) is 20.8 Å². The summed E-state index contributed by atoms with van der Waals surface area (Å²) in [5, 5.41) is 9.10. The van der Waals surface area contributed by atoms with Crippen molar-refractivity contribution in [3.8, 4) is 16.8 Å². The van der Waals surface area contributed by atoms with Gasteiger partial charge in [0.25, 0.3) is 0 Å². The van der Waals surface area contributed by atoms with E-state index in [1.165, 1.54) is 12.1 Å². The second kappa shape index (κ2) is 8.78. The molecule has 0 spiro atoms. The molecular weight excluding hydrogens is 470 g/mol. The molecule has 8 heteroatoms. The molecule has 184 valence electrons. The number of benzene rings is 3. The van der Waals surface area contributed by atoms with Crippen LogP contribution in [0.3, 0.4) is 0 Å². The number of rotatable bonds is 4. The number of nitrogens with zero attached hydrogens (tertiary/aromatic N) is 2. The van der Waals surface area contributed by atoms with Crippen LogP contribution in [-0.2, 0) is 11.2 Å². The van der Waals surface area contributed by atoms with Crippen LogP contribution in [-0.4, -0.2) is 34.2 Å². The van der Waals surface area contributed by atoms with Crippen molar-refractivity contribution in [2.45, 2.75) is 31.4 Å². The number of fused-ring (bicyclic) bond motifs is 2. The summed E-state index contributed by atoms with van der Waals surface area (Å²) in [5.74, 6) is -0.155.